The first-order valence-corrected chi connectivity index (χ1v) is 10.5. The van der Waals surface area contributed by atoms with Crippen molar-refractivity contribution < 1.29 is 13.2 Å². The van der Waals surface area contributed by atoms with Crippen LogP contribution in [0.4, 0.5) is 5.69 Å². The zero-order valence-corrected chi connectivity index (χ0v) is 15.3. The lowest BCUT2D eigenvalue weighted by Gasteiger charge is -2.20. The molecule has 5 nitrogen and oxygen atoms in total. The summed E-state index contributed by atoms with van der Waals surface area (Å²) >= 11 is 0. The fraction of sp³-hybridized carbons (Fsp3) is 0.350. The first kappa shape index (κ1) is 17.2. The minimum Gasteiger partial charge on any atom is -0.312 e. The summed E-state index contributed by atoms with van der Waals surface area (Å²) in [5, 5.41) is 0. The summed E-state index contributed by atoms with van der Waals surface area (Å²) < 4.78 is 28.6. The maximum atomic E-state index is 12.9. The Balaban J connectivity index is 1.55. The van der Waals surface area contributed by atoms with Gasteiger partial charge in [0.05, 0.1) is 4.90 Å². The van der Waals surface area contributed by atoms with Gasteiger partial charge in [-0.15, -0.1) is 0 Å². The normalized spacial score (nSPS) is 18.9. The molecule has 1 N–H and O–H groups in total. The van der Waals surface area contributed by atoms with E-state index in [1.807, 2.05) is 30.3 Å². The van der Waals surface area contributed by atoms with E-state index in [0.29, 0.717) is 18.9 Å². The van der Waals surface area contributed by atoms with E-state index in [1.165, 1.54) is 0 Å². The second-order valence-electron chi connectivity index (χ2n) is 6.99. The van der Waals surface area contributed by atoms with Crippen LogP contribution < -0.4 is 9.62 Å². The molecule has 1 atom stereocenters. The van der Waals surface area contributed by atoms with E-state index in [1.54, 1.807) is 29.2 Å². The molecule has 1 aliphatic heterocycles. The fourth-order valence-electron chi connectivity index (χ4n) is 3.49. The van der Waals surface area contributed by atoms with Gasteiger partial charge >= 0.3 is 0 Å². The van der Waals surface area contributed by atoms with E-state index >= 15 is 0 Å². The minimum atomic E-state index is -3.62. The summed E-state index contributed by atoms with van der Waals surface area (Å²) in [7, 11) is -3.62. The van der Waals surface area contributed by atoms with Gasteiger partial charge < -0.3 is 4.90 Å². The predicted octanol–water partition coefficient (Wildman–Crippen LogP) is 3.24. The number of amides is 1. The maximum Gasteiger partial charge on any atom is 0.241 e. The zero-order valence-electron chi connectivity index (χ0n) is 14.5. The largest absolute Gasteiger partial charge is 0.312 e. The number of anilines is 1. The number of hydrogen-bond acceptors (Lipinski definition) is 3. The van der Waals surface area contributed by atoms with Gasteiger partial charge in [0.1, 0.15) is 0 Å². The molecule has 1 saturated heterocycles. The Kier molecular flexibility index (Phi) is 4.54. The van der Waals surface area contributed by atoms with Crippen molar-refractivity contribution in [2.75, 3.05) is 11.4 Å². The molecule has 1 heterocycles. The third kappa shape index (κ3) is 3.52. The Morgan fingerprint density at radius 1 is 1.00 bits per heavy atom. The van der Waals surface area contributed by atoms with Crippen LogP contribution >= 0.6 is 0 Å². The molecule has 0 bridgehead atoms. The number of hydrogen-bond donors (Lipinski definition) is 1. The number of nitrogens with zero attached hydrogens (tertiary/aromatic N) is 1. The monoisotopic (exact) mass is 370 g/mol. The van der Waals surface area contributed by atoms with Gasteiger partial charge in [-0.25, -0.2) is 13.1 Å². The molecule has 6 heteroatoms. The van der Waals surface area contributed by atoms with Gasteiger partial charge in [0, 0.05) is 24.7 Å². The molecule has 1 saturated carbocycles. The Morgan fingerprint density at radius 3 is 2.27 bits per heavy atom. The van der Waals surface area contributed by atoms with E-state index in [-0.39, 0.29) is 16.8 Å². The molecule has 26 heavy (non-hydrogen) atoms. The highest BCUT2D eigenvalue weighted by atomic mass is 32.2. The third-order valence-electron chi connectivity index (χ3n) is 5.07. The summed E-state index contributed by atoms with van der Waals surface area (Å²) in [5.41, 5.74) is 1.76. The topological polar surface area (TPSA) is 66.5 Å². The van der Waals surface area contributed by atoms with Crippen LogP contribution in [0.5, 0.6) is 0 Å². The molecule has 0 spiro atoms. The molecule has 4 rings (SSSR count). The standard InChI is InChI=1S/C20H22N2O3S/c23-19-7-4-14-22(19)17-10-12-18(13-11-17)26(24,25)21-20(16-8-9-16)15-5-2-1-3-6-15/h1-3,5-6,10-13,16,20-21H,4,7-9,14H2. The predicted molar refractivity (Wildman–Crippen MR) is 100 cm³/mol. The summed E-state index contributed by atoms with van der Waals surface area (Å²) in [5.74, 6) is 0.449. The van der Waals surface area contributed by atoms with Crippen molar-refractivity contribution in [3.05, 3.63) is 60.2 Å². The van der Waals surface area contributed by atoms with Crippen LogP contribution in [0.1, 0.15) is 37.3 Å². The lowest BCUT2D eigenvalue weighted by molar-refractivity contribution is -0.117. The number of rotatable bonds is 6. The van der Waals surface area contributed by atoms with Crippen molar-refractivity contribution in [1.82, 2.24) is 4.72 Å². The minimum absolute atomic E-state index is 0.0941. The van der Waals surface area contributed by atoms with Gasteiger partial charge in [0.15, 0.2) is 0 Å². The van der Waals surface area contributed by atoms with Crippen LogP contribution in [0.3, 0.4) is 0 Å². The van der Waals surface area contributed by atoms with Gasteiger partial charge in [0.2, 0.25) is 15.9 Å². The molecule has 2 aromatic carbocycles. The number of sulfonamides is 1. The fourth-order valence-corrected chi connectivity index (χ4v) is 4.78. The second kappa shape index (κ2) is 6.85. The first-order chi connectivity index (χ1) is 12.5. The van der Waals surface area contributed by atoms with Crippen LogP contribution in [0.2, 0.25) is 0 Å². The van der Waals surface area contributed by atoms with Gasteiger partial charge in [0.25, 0.3) is 0 Å². The highest BCUT2D eigenvalue weighted by Crippen LogP contribution is 2.41. The van der Waals surface area contributed by atoms with Crippen molar-refractivity contribution >= 4 is 21.6 Å². The molecule has 2 aliphatic rings. The van der Waals surface area contributed by atoms with Crippen LogP contribution in [-0.2, 0) is 14.8 Å². The maximum absolute atomic E-state index is 12.9. The molecule has 1 amide bonds. The van der Waals surface area contributed by atoms with Gasteiger partial charge in [-0.1, -0.05) is 30.3 Å². The van der Waals surface area contributed by atoms with Crippen molar-refractivity contribution in [2.24, 2.45) is 5.92 Å². The zero-order chi connectivity index (χ0) is 18.1. The molecule has 2 fully saturated rings. The van der Waals surface area contributed by atoms with Crippen LogP contribution in [0.15, 0.2) is 59.5 Å². The molecular formula is C20H22N2O3S. The van der Waals surface area contributed by atoms with E-state index in [2.05, 4.69) is 4.72 Å². The van der Waals surface area contributed by atoms with Crippen LogP contribution in [0, 0.1) is 5.92 Å². The Morgan fingerprint density at radius 2 is 1.69 bits per heavy atom. The molecule has 136 valence electrons. The van der Waals surface area contributed by atoms with Crippen molar-refractivity contribution in [3.8, 4) is 0 Å². The smallest absolute Gasteiger partial charge is 0.241 e. The lowest BCUT2D eigenvalue weighted by atomic mass is 10.0. The molecule has 1 unspecified atom stereocenters. The molecule has 2 aromatic rings. The molecular weight excluding hydrogens is 348 g/mol. The summed E-state index contributed by atoms with van der Waals surface area (Å²) in [6, 6.07) is 16.1. The summed E-state index contributed by atoms with van der Waals surface area (Å²) in [6.45, 7) is 0.695. The number of carbonyl (C=O) groups is 1. The van der Waals surface area contributed by atoms with Gasteiger partial charge in [-0.05, 0) is 55.0 Å². The molecule has 1 aliphatic carbocycles. The highest BCUT2D eigenvalue weighted by Gasteiger charge is 2.35. The first-order valence-electron chi connectivity index (χ1n) is 9.02. The summed E-state index contributed by atoms with van der Waals surface area (Å²) in [4.78, 5) is 13.8. The quantitative estimate of drug-likeness (QED) is 0.849. The third-order valence-corrected chi connectivity index (χ3v) is 6.52. The van der Waals surface area contributed by atoms with E-state index in [9.17, 15) is 13.2 Å². The van der Waals surface area contributed by atoms with Crippen molar-refractivity contribution in [3.63, 3.8) is 0 Å². The lowest BCUT2D eigenvalue weighted by Crippen LogP contribution is -2.30. The number of nitrogens with one attached hydrogen (secondary N) is 1. The second-order valence-corrected chi connectivity index (χ2v) is 8.70. The number of carbonyl (C=O) groups excluding carboxylic acids is 1. The van der Waals surface area contributed by atoms with Crippen LogP contribution in [-0.4, -0.2) is 20.9 Å². The van der Waals surface area contributed by atoms with Gasteiger partial charge in [-0.2, -0.15) is 0 Å². The van der Waals surface area contributed by atoms with Crippen LogP contribution in [0.25, 0.3) is 0 Å². The van der Waals surface area contributed by atoms with E-state index in [4.69, 9.17) is 0 Å². The average molecular weight is 370 g/mol. The Labute approximate surface area is 154 Å². The number of benzene rings is 2. The molecule has 0 radical (unpaired) electrons. The molecule has 0 aromatic heterocycles. The van der Waals surface area contributed by atoms with Crippen molar-refractivity contribution in [2.45, 2.75) is 36.6 Å². The average Bonchev–Trinajstić information content (AvgIpc) is 3.41. The highest BCUT2D eigenvalue weighted by molar-refractivity contribution is 7.89. The SMILES string of the molecule is O=C1CCCN1c1ccc(S(=O)(=O)NC(c2ccccc2)C2CC2)cc1. The Hall–Kier alpha value is -2.18. The summed E-state index contributed by atoms with van der Waals surface area (Å²) in [6.07, 6.45) is 3.48. The van der Waals surface area contributed by atoms with Gasteiger partial charge in [-0.3, -0.25) is 4.79 Å². The van der Waals surface area contributed by atoms with E-state index < -0.39 is 10.0 Å². The van der Waals surface area contributed by atoms with E-state index in [0.717, 1.165) is 30.5 Å². The van der Waals surface area contributed by atoms with Crippen molar-refractivity contribution in [1.29, 1.82) is 0 Å². The Bertz CT molecular complexity index is 890.